The summed E-state index contributed by atoms with van der Waals surface area (Å²) in [5, 5.41) is 4.07. The fourth-order valence-electron chi connectivity index (χ4n) is 4.64. The summed E-state index contributed by atoms with van der Waals surface area (Å²) in [7, 11) is 0. The lowest BCUT2D eigenvalue weighted by Gasteiger charge is -2.16. The first-order chi connectivity index (χ1) is 16.1. The smallest absolute Gasteiger partial charge is 0.274 e. The Morgan fingerprint density at radius 3 is 2.94 bits per heavy atom. The fourth-order valence-corrected chi connectivity index (χ4v) is 6.84. The fraction of sp³-hybridized carbons (Fsp3) is 0.476. The minimum Gasteiger partial charge on any atom is -0.376 e. The van der Waals surface area contributed by atoms with Gasteiger partial charge in [0.25, 0.3) is 16.9 Å². The highest BCUT2D eigenvalue weighted by Gasteiger charge is 2.25. The summed E-state index contributed by atoms with van der Waals surface area (Å²) in [4.78, 5) is 41.5. The number of ether oxygens (including phenoxy) is 1. The maximum Gasteiger partial charge on any atom is 0.274 e. The second-order valence-electron chi connectivity index (χ2n) is 8.45. The highest BCUT2D eigenvalue weighted by atomic mass is 32.2. The number of fused-ring (bicyclic) bond motifs is 4. The van der Waals surface area contributed by atoms with Crippen molar-refractivity contribution in [1.29, 1.82) is 0 Å². The van der Waals surface area contributed by atoms with Crippen LogP contribution in [0.2, 0.25) is 0 Å². The molecule has 1 saturated heterocycles. The Hall–Kier alpha value is -2.70. The van der Waals surface area contributed by atoms with Gasteiger partial charge in [0.05, 0.1) is 23.7 Å². The van der Waals surface area contributed by atoms with Crippen LogP contribution in [0.4, 0.5) is 5.95 Å². The number of aromatic amines is 1. The lowest BCUT2D eigenvalue weighted by atomic mass is 9.97. The normalized spacial score (nSPS) is 18.4. The van der Waals surface area contributed by atoms with E-state index in [4.69, 9.17) is 15.5 Å². The van der Waals surface area contributed by atoms with Gasteiger partial charge in [0.15, 0.2) is 5.16 Å². The molecule has 1 aliphatic heterocycles. The molecule has 33 heavy (non-hydrogen) atoms. The van der Waals surface area contributed by atoms with Crippen molar-refractivity contribution < 1.29 is 4.74 Å². The first-order valence-corrected chi connectivity index (χ1v) is 12.9. The van der Waals surface area contributed by atoms with Gasteiger partial charge in [-0.1, -0.05) is 11.8 Å². The van der Waals surface area contributed by atoms with Crippen molar-refractivity contribution >= 4 is 45.0 Å². The number of hydrogen-bond donors (Lipinski definition) is 2. The van der Waals surface area contributed by atoms with E-state index >= 15 is 0 Å². The predicted octanol–water partition coefficient (Wildman–Crippen LogP) is 2.12. The number of nitrogens with zero attached hydrogens (tertiary/aromatic N) is 5. The Labute approximate surface area is 196 Å². The van der Waals surface area contributed by atoms with E-state index in [0.29, 0.717) is 23.1 Å². The SMILES string of the molecule is Nc1nc2nc(CSc3nc4sc5c(c4c(=O)n3CC3CCCO3)CCCC5)cc(=O)n2[nH]1. The Morgan fingerprint density at radius 2 is 2.09 bits per heavy atom. The van der Waals surface area contributed by atoms with Crippen molar-refractivity contribution in [2.75, 3.05) is 12.3 Å². The molecular weight excluding hydrogens is 462 g/mol. The molecule has 1 atom stereocenters. The first-order valence-electron chi connectivity index (χ1n) is 11.1. The van der Waals surface area contributed by atoms with Crippen LogP contribution in [0.15, 0.2) is 20.8 Å². The van der Waals surface area contributed by atoms with Crippen LogP contribution >= 0.6 is 23.1 Å². The number of nitrogen functional groups attached to an aromatic ring is 1. The average molecular weight is 486 g/mol. The van der Waals surface area contributed by atoms with Crippen molar-refractivity contribution in [3.05, 3.63) is 42.9 Å². The molecule has 0 amide bonds. The van der Waals surface area contributed by atoms with E-state index in [9.17, 15) is 9.59 Å². The second kappa shape index (κ2) is 8.26. The van der Waals surface area contributed by atoms with E-state index in [1.807, 2.05) is 0 Å². The molecule has 0 spiro atoms. The number of aromatic nitrogens is 6. The summed E-state index contributed by atoms with van der Waals surface area (Å²) in [6.07, 6.45) is 6.19. The molecule has 0 aromatic carbocycles. The van der Waals surface area contributed by atoms with Gasteiger partial charge in [-0.3, -0.25) is 19.3 Å². The number of rotatable bonds is 5. The van der Waals surface area contributed by atoms with Gasteiger partial charge in [0, 0.05) is 23.3 Å². The lowest BCUT2D eigenvalue weighted by Crippen LogP contribution is -2.29. The van der Waals surface area contributed by atoms with E-state index in [0.717, 1.165) is 55.3 Å². The number of anilines is 1. The third-order valence-corrected chi connectivity index (χ3v) is 8.40. The van der Waals surface area contributed by atoms with Crippen LogP contribution in [0.25, 0.3) is 16.0 Å². The van der Waals surface area contributed by atoms with Crippen LogP contribution in [0, 0.1) is 0 Å². The minimum atomic E-state index is -0.286. The van der Waals surface area contributed by atoms with Crippen LogP contribution < -0.4 is 16.9 Å². The van der Waals surface area contributed by atoms with Gasteiger partial charge < -0.3 is 10.5 Å². The molecule has 6 rings (SSSR count). The molecule has 1 fully saturated rings. The largest absolute Gasteiger partial charge is 0.376 e. The average Bonchev–Trinajstić information content (AvgIpc) is 3.52. The van der Waals surface area contributed by atoms with Gasteiger partial charge in [0.1, 0.15) is 4.83 Å². The number of nitrogens with two attached hydrogens (primary N) is 1. The first kappa shape index (κ1) is 20.9. The van der Waals surface area contributed by atoms with E-state index in [1.165, 1.54) is 32.8 Å². The standard InChI is InChI=1S/C21H23N7O3S2/c22-19-25-20-23-11(8-15(29)28(20)26-19)10-32-21-24-17-16(13-5-1-2-6-14(13)33-17)18(30)27(21)9-12-4-3-7-31-12/h8,12H,1-7,9-10H2,(H3,22,23,25,26). The van der Waals surface area contributed by atoms with Crippen LogP contribution in [-0.2, 0) is 29.9 Å². The Bertz CT molecular complexity index is 1480. The van der Waals surface area contributed by atoms with Crippen LogP contribution in [0.3, 0.4) is 0 Å². The van der Waals surface area contributed by atoms with Crippen molar-refractivity contribution in [3.63, 3.8) is 0 Å². The van der Waals surface area contributed by atoms with Crippen molar-refractivity contribution in [3.8, 4) is 0 Å². The molecule has 4 aromatic heterocycles. The highest BCUT2D eigenvalue weighted by Crippen LogP contribution is 2.35. The number of thioether (sulfide) groups is 1. The van der Waals surface area contributed by atoms with Crippen molar-refractivity contribution in [2.24, 2.45) is 0 Å². The molecule has 1 aliphatic carbocycles. The maximum absolute atomic E-state index is 13.7. The van der Waals surface area contributed by atoms with Gasteiger partial charge in [-0.2, -0.15) is 9.50 Å². The second-order valence-corrected chi connectivity index (χ2v) is 10.5. The molecule has 4 aromatic rings. The molecule has 0 radical (unpaired) electrons. The van der Waals surface area contributed by atoms with Crippen molar-refractivity contribution in [1.82, 2.24) is 29.1 Å². The van der Waals surface area contributed by atoms with Crippen LogP contribution in [0.5, 0.6) is 0 Å². The van der Waals surface area contributed by atoms with Gasteiger partial charge in [0.2, 0.25) is 5.95 Å². The third kappa shape index (κ3) is 3.75. The molecule has 5 heterocycles. The summed E-state index contributed by atoms with van der Waals surface area (Å²) in [6.45, 7) is 1.21. The molecule has 0 saturated carbocycles. The topological polar surface area (TPSA) is 133 Å². The molecule has 12 heteroatoms. The summed E-state index contributed by atoms with van der Waals surface area (Å²) in [6, 6.07) is 1.45. The minimum absolute atomic E-state index is 0.0148. The summed E-state index contributed by atoms with van der Waals surface area (Å²) >= 11 is 3.05. The quantitative estimate of drug-likeness (QED) is 0.324. The zero-order chi connectivity index (χ0) is 22.5. The zero-order valence-corrected chi connectivity index (χ0v) is 19.5. The van der Waals surface area contributed by atoms with Gasteiger partial charge in [-0.05, 0) is 44.1 Å². The molecule has 3 N–H and O–H groups in total. The van der Waals surface area contributed by atoms with Crippen molar-refractivity contribution in [2.45, 2.75) is 62.1 Å². The number of hydrogen-bond acceptors (Lipinski definition) is 9. The Morgan fingerprint density at radius 1 is 1.21 bits per heavy atom. The highest BCUT2D eigenvalue weighted by molar-refractivity contribution is 7.98. The number of aryl methyl sites for hydroxylation is 2. The van der Waals surface area contributed by atoms with Gasteiger partial charge >= 0.3 is 0 Å². The number of nitrogens with one attached hydrogen (secondary N) is 1. The molecule has 172 valence electrons. The molecular formula is C21H23N7O3S2. The molecule has 1 unspecified atom stereocenters. The monoisotopic (exact) mass is 485 g/mol. The number of thiophene rings is 1. The molecule has 10 nitrogen and oxygen atoms in total. The maximum atomic E-state index is 13.7. The lowest BCUT2D eigenvalue weighted by molar-refractivity contribution is 0.0937. The van der Waals surface area contributed by atoms with Crippen LogP contribution in [0.1, 0.15) is 41.8 Å². The third-order valence-electron chi connectivity index (χ3n) is 6.20. The van der Waals surface area contributed by atoms with E-state index < -0.39 is 0 Å². The van der Waals surface area contributed by atoms with Gasteiger partial charge in [-0.15, -0.1) is 11.3 Å². The zero-order valence-electron chi connectivity index (χ0n) is 17.9. The predicted molar refractivity (Wildman–Crippen MR) is 127 cm³/mol. The van der Waals surface area contributed by atoms with Crippen LogP contribution in [-0.4, -0.2) is 41.8 Å². The Balaban J connectivity index is 1.40. The Kier molecular flexibility index (Phi) is 5.23. The van der Waals surface area contributed by atoms with Gasteiger partial charge in [-0.25, -0.2) is 9.97 Å². The molecule has 2 aliphatic rings. The van der Waals surface area contributed by atoms with E-state index in [1.54, 1.807) is 15.9 Å². The summed E-state index contributed by atoms with van der Waals surface area (Å²) in [5.41, 5.74) is 7.12. The van der Waals surface area contributed by atoms with E-state index in [2.05, 4.69) is 15.1 Å². The van der Waals surface area contributed by atoms with E-state index in [-0.39, 0.29) is 28.9 Å². The number of H-pyrrole nitrogens is 1. The molecule has 0 bridgehead atoms. The summed E-state index contributed by atoms with van der Waals surface area (Å²) in [5.74, 6) is 0.734. The summed E-state index contributed by atoms with van der Waals surface area (Å²) < 4.78 is 8.80.